The lowest BCUT2D eigenvalue weighted by molar-refractivity contribution is -0.137. The fraction of sp³-hybridized carbons (Fsp3) is 0.389. The molecule has 1 fully saturated rings. The smallest absolute Gasteiger partial charge is 0.305 e. The van der Waals surface area contributed by atoms with Crippen LogP contribution in [-0.2, 0) is 9.53 Å². The van der Waals surface area contributed by atoms with Gasteiger partial charge in [0, 0.05) is 25.3 Å². The molecule has 1 aromatic heterocycles. The lowest BCUT2D eigenvalue weighted by Gasteiger charge is -2.23. The van der Waals surface area contributed by atoms with Crippen molar-refractivity contribution < 1.29 is 24.2 Å². The van der Waals surface area contributed by atoms with Gasteiger partial charge in [-0.05, 0) is 30.7 Å². The predicted octanol–water partition coefficient (Wildman–Crippen LogP) is 1.79. The number of aromatic nitrogens is 2. The van der Waals surface area contributed by atoms with Crippen molar-refractivity contribution >= 4 is 11.9 Å². The monoisotopic (exact) mass is 359 g/mol. The van der Waals surface area contributed by atoms with Gasteiger partial charge >= 0.3 is 5.97 Å². The highest BCUT2D eigenvalue weighted by Crippen LogP contribution is 2.29. The van der Waals surface area contributed by atoms with E-state index in [2.05, 4.69) is 10.2 Å². The number of amides is 1. The van der Waals surface area contributed by atoms with E-state index in [4.69, 9.17) is 14.6 Å². The standard InChI is InChI=1S/C18H21N3O5/c1-25-13-5-3-11(4-6-13)17-15(9-19-20-17)18(24)21-10-14(26-2)7-12(21)8-16(22)23/h3-6,9,12,14H,7-8,10H2,1-2H3,(H,19,20)(H,22,23). The zero-order valence-corrected chi connectivity index (χ0v) is 14.6. The largest absolute Gasteiger partial charge is 0.497 e. The van der Waals surface area contributed by atoms with E-state index in [-0.39, 0.29) is 18.4 Å². The number of carboxylic acid groups (broad SMARTS) is 1. The molecular weight excluding hydrogens is 338 g/mol. The molecule has 0 saturated carbocycles. The molecule has 0 radical (unpaired) electrons. The molecule has 0 aliphatic carbocycles. The first-order chi connectivity index (χ1) is 12.5. The van der Waals surface area contributed by atoms with Crippen molar-refractivity contribution in [2.24, 2.45) is 0 Å². The van der Waals surface area contributed by atoms with Gasteiger partial charge in [0.05, 0.1) is 37.1 Å². The summed E-state index contributed by atoms with van der Waals surface area (Å²) in [5.41, 5.74) is 1.79. The normalized spacial score (nSPS) is 19.5. The molecule has 1 aliphatic rings. The first-order valence-corrected chi connectivity index (χ1v) is 8.26. The second kappa shape index (κ2) is 7.57. The van der Waals surface area contributed by atoms with Crippen LogP contribution >= 0.6 is 0 Å². The molecule has 1 aliphatic heterocycles. The fourth-order valence-corrected chi connectivity index (χ4v) is 3.27. The van der Waals surface area contributed by atoms with Gasteiger partial charge < -0.3 is 19.5 Å². The van der Waals surface area contributed by atoms with Crippen molar-refractivity contribution in [3.8, 4) is 17.0 Å². The number of benzene rings is 1. The van der Waals surface area contributed by atoms with Crippen molar-refractivity contribution in [3.63, 3.8) is 0 Å². The molecule has 8 nitrogen and oxygen atoms in total. The van der Waals surface area contributed by atoms with Crippen LogP contribution in [0.25, 0.3) is 11.3 Å². The van der Waals surface area contributed by atoms with E-state index >= 15 is 0 Å². The highest BCUT2D eigenvalue weighted by atomic mass is 16.5. The molecule has 138 valence electrons. The van der Waals surface area contributed by atoms with E-state index in [0.29, 0.717) is 30.0 Å². The summed E-state index contributed by atoms with van der Waals surface area (Å²) in [6, 6.07) is 6.87. The number of carboxylic acids is 1. The van der Waals surface area contributed by atoms with E-state index in [9.17, 15) is 9.59 Å². The van der Waals surface area contributed by atoms with E-state index in [1.807, 2.05) is 12.1 Å². The Morgan fingerprint density at radius 3 is 2.65 bits per heavy atom. The second-order valence-electron chi connectivity index (χ2n) is 6.19. The van der Waals surface area contributed by atoms with Gasteiger partial charge in [-0.2, -0.15) is 5.10 Å². The summed E-state index contributed by atoms with van der Waals surface area (Å²) in [5.74, 6) is -0.479. The predicted molar refractivity (Wildman–Crippen MR) is 93.1 cm³/mol. The molecule has 0 bridgehead atoms. The van der Waals surface area contributed by atoms with Crippen molar-refractivity contribution in [2.75, 3.05) is 20.8 Å². The lowest BCUT2D eigenvalue weighted by atomic mass is 10.1. The Bertz CT molecular complexity index is 786. The summed E-state index contributed by atoms with van der Waals surface area (Å²) in [4.78, 5) is 25.8. The van der Waals surface area contributed by atoms with Crippen LogP contribution in [0.1, 0.15) is 23.2 Å². The average molecular weight is 359 g/mol. The number of rotatable bonds is 6. The SMILES string of the molecule is COc1ccc(-c2[nH]ncc2C(=O)N2CC(OC)CC2CC(=O)O)cc1. The first kappa shape index (κ1) is 17.9. The Kier molecular flexibility index (Phi) is 5.22. The van der Waals surface area contributed by atoms with Crippen LogP contribution in [-0.4, -0.2) is 65.0 Å². The van der Waals surface area contributed by atoms with Gasteiger partial charge in [-0.3, -0.25) is 14.7 Å². The van der Waals surface area contributed by atoms with Crippen LogP contribution in [0.2, 0.25) is 0 Å². The topological polar surface area (TPSA) is 105 Å². The minimum absolute atomic E-state index is 0.110. The molecule has 2 aromatic rings. The third-order valence-electron chi connectivity index (χ3n) is 4.63. The van der Waals surface area contributed by atoms with Gasteiger partial charge in [-0.15, -0.1) is 0 Å². The van der Waals surface area contributed by atoms with Crippen molar-refractivity contribution in [1.29, 1.82) is 0 Å². The van der Waals surface area contributed by atoms with Crippen LogP contribution in [0.4, 0.5) is 0 Å². The number of nitrogens with zero attached hydrogens (tertiary/aromatic N) is 2. The van der Waals surface area contributed by atoms with Crippen molar-refractivity contribution in [3.05, 3.63) is 36.0 Å². The van der Waals surface area contributed by atoms with Gasteiger partial charge in [0.25, 0.3) is 5.91 Å². The number of H-pyrrole nitrogens is 1. The number of hydrogen-bond donors (Lipinski definition) is 2. The van der Waals surface area contributed by atoms with Crippen molar-refractivity contribution in [2.45, 2.75) is 25.0 Å². The molecule has 8 heteroatoms. The summed E-state index contributed by atoms with van der Waals surface area (Å²) in [6.07, 6.45) is 1.70. The minimum Gasteiger partial charge on any atom is -0.497 e. The number of methoxy groups -OCH3 is 2. The maximum absolute atomic E-state index is 13.1. The highest BCUT2D eigenvalue weighted by molar-refractivity contribution is 6.00. The van der Waals surface area contributed by atoms with Gasteiger partial charge in [0.15, 0.2) is 0 Å². The number of ether oxygens (including phenoxy) is 2. The summed E-state index contributed by atoms with van der Waals surface area (Å²) in [6.45, 7) is 0.362. The van der Waals surface area contributed by atoms with Gasteiger partial charge in [-0.1, -0.05) is 0 Å². The van der Waals surface area contributed by atoms with Crippen LogP contribution in [0.15, 0.2) is 30.5 Å². The number of carbonyl (C=O) groups excluding carboxylic acids is 1. The Morgan fingerprint density at radius 1 is 1.31 bits per heavy atom. The molecule has 2 heterocycles. The molecule has 0 spiro atoms. The number of aliphatic carboxylic acids is 1. The Hall–Kier alpha value is -2.87. The lowest BCUT2D eigenvalue weighted by Crippen LogP contribution is -2.37. The zero-order valence-electron chi connectivity index (χ0n) is 14.6. The summed E-state index contributed by atoms with van der Waals surface area (Å²) in [7, 11) is 3.15. The fourth-order valence-electron chi connectivity index (χ4n) is 3.27. The molecule has 2 unspecified atom stereocenters. The zero-order chi connectivity index (χ0) is 18.7. The number of aromatic amines is 1. The number of hydrogen-bond acceptors (Lipinski definition) is 5. The Balaban J connectivity index is 1.87. The summed E-state index contributed by atoms with van der Waals surface area (Å²) >= 11 is 0. The number of carbonyl (C=O) groups is 2. The quantitative estimate of drug-likeness (QED) is 0.815. The maximum atomic E-state index is 13.1. The molecular formula is C18H21N3O5. The highest BCUT2D eigenvalue weighted by Gasteiger charge is 2.38. The second-order valence-corrected chi connectivity index (χ2v) is 6.19. The van der Waals surface area contributed by atoms with Crippen LogP contribution in [0, 0.1) is 0 Å². The van der Waals surface area contributed by atoms with Crippen molar-refractivity contribution in [1.82, 2.24) is 15.1 Å². The molecule has 2 N–H and O–H groups in total. The van der Waals surface area contributed by atoms with Gasteiger partial charge in [-0.25, -0.2) is 0 Å². The minimum atomic E-state index is -0.938. The van der Waals surface area contributed by atoms with Crippen LogP contribution < -0.4 is 4.74 Å². The van der Waals surface area contributed by atoms with E-state index in [0.717, 1.165) is 5.56 Å². The van der Waals surface area contributed by atoms with E-state index < -0.39 is 12.0 Å². The maximum Gasteiger partial charge on any atom is 0.305 e. The number of nitrogens with one attached hydrogen (secondary N) is 1. The third-order valence-corrected chi connectivity index (χ3v) is 4.63. The Morgan fingerprint density at radius 2 is 2.04 bits per heavy atom. The van der Waals surface area contributed by atoms with Gasteiger partial charge in [0.1, 0.15) is 5.75 Å². The summed E-state index contributed by atoms with van der Waals surface area (Å²) < 4.78 is 10.5. The Labute approximate surface area is 150 Å². The average Bonchev–Trinajstić information content (AvgIpc) is 3.28. The molecule has 2 atom stereocenters. The molecule has 3 rings (SSSR count). The first-order valence-electron chi connectivity index (χ1n) is 8.26. The third kappa shape index (κ3) is 3.55. The van der Waals surface area contributed by atoms with Crippen LogP contribution in [0.3, 0.4) is 0 Å². The van der Waals surface area contributed by atoms with Gasteiger partial charge in [0.2, 0.25) is 0 Å². The molecule has 1 aromatic carbocycles. The molecule has 1 saturated heterocycles. The molecule has 26 heavy (non-hydrogen) atoms. The van der Waals surface area contributed by atoms with Crippen LogP contribution in [0.5, 0.6) is 5.75 Å². The molecule has 1 amide bonds. The van der Waals surface area contributed by atoms with E-state index in [1.54, 1.807) is 31.3 Å². The summed E-state index contributed by atoms with van der Waals surface area (Å²) in [5, 5.41) is 16.0. The van der Waals surface area contributed by atoms with E-state index in [1.165, 1.54) is 6.20 Å². The number of likely N-dealkylation sites (tertiary alicyclic amines) is 1.